The largest absolute Gasteiger partial charge is 0.481 e. The number of hydrogen-bond donors (Lipinski definition) is 0. The van der Waals surface area contributed by atoms with Crippen LogP contribution in [-0.4, -0.2) is 35.8 Å². The lowest BCUT2D eigenvalue weighted by molar-refractivity contribution is -0.139. The minimum Gasteiger partial charge on any atom is -0.481 e. The molecule has 1 aromatic carbocycles. The fraction of sp³-hybridized carbons (Fsp3) is 0.450. The molecule has 1 saturated heterocycles. The zero-order valence-corrected chi connectivity index (χ0v) is 15.4. The molecule has 1 aliphatic heterocycles. The summed E-state index contributed by atoms with van der Waals surface area (Å²) < 4.78 is 11.1. The minimum atomic E-state index is -0.438. The Morgan fingerprint density at radius 3 is 2.68 bits per heavy atom. The average molecular weight is 359 g/mol. The molecule has 4 nitrogen and oxygen atoms in total. The van der Waals surface area contributed by atoms with E-state index in [2.05, 4.69) is 0 Å². The lowest BCUT2D eigenvalue weighted by Gasteiger charge is -2.33. The van der Waals surface area contributed by atoms with E-state index in [9.17, 15) is 4.79 Å². The zero-order chi connectivity index (χ0) is 17.5. The van der Waals surface area contributed by atoms with E-state index >= 15 is 0 Å². The molecule has 0 radical (unpaired) electrons. The molecule has 2 aromatic rings. The maximum Gasteiger partial charge on any atom is 0.263 e. The van der Waals surface area contributed by atoms with Crippen LogP contribution in [0.5, 0.6) is 5.75 Å². The maximum atomic E-state index is 12.6. The number of nitrogens with zero attached hydrogens (tertiary/aromatic N) is 1. The first-order valence-corrected chi connectivity index (χ1v) is 9.98. The summed E-state index contributed by atoms with van der Waals surface area (Å²) in [4.78, 5) is 14.5. The van der Waals surface area contributed by atoms with Gasteiger partial charge < -0.3 is 14.1 Å². The van der Waals surface area contributed by atoms with Crippen molar-refractivity contribution in [1.29, 1.82) is 0 Å². The standard InChI is InChI=1S/C20H25NO3S/c1-16(24-18-6-3-2-4-7-18)20(22)21-11-9-17(10-12-21)14-25-15-19-8-5-13-23-19/h2-8,13,16-17H,9-12,14-15H2,1H3/t16-/m1/s1. The van der Waals surface area contributed by atoms with E-state index in [4.69, 9.17) is 9.15 Å². The molecule has 134 valence electrons. The second-order valence-corrected chi connectivity index (χ2v) is 7.47. The van der Waals surface area contributed by atoms with Crippen molar-refractivity contribution in [2.24, 2.45) is 5.92 Å². The Bertz CT molecular complexity index is 636. The summed E-state index contributed by atoms with van der Waals surface area (Å²) in [5, 5.41) is 0. The highest BCUT2D eigenvalue weighted by atomic mass is 32.2. The van der Waals surface area contributed by atoms with Gasteiger partial charge in [0.2, 0.25) is 0 Å². The Morgan fingerprint density at radius 1 is 1.24 bits per heavy atom. The summed E-state index contributed by atoms with van der Waals surface area (Å²) in [6.45, 7) is 3.49. The molecular formula is C20H25NO3S. The molecule has 5 heteroatoms. The first-order chi connectivity index (χ1) is 12.2. The molecule has 1 amide bonds. The third-order valence-electron chi connectivity index (χ3n) is 4.51. The van der Waals surface area contributed by atoms with Crippen LogP contribution in [-0.2, 0) is 10.5 Å². The predicted molar refractivity (Wildman–Crippen MR) is 101 cm³/mol. The molecule has 2 heterocycles. The smallest absolute Gasteiger partial charge is 0.263 e. The van der Waals surface area contributed by atoms with E-state index in [-0.39, 0.29) is 5.91 Å². The number of piperidine rings is 1. The molecule has 1 fully saturated rings. The Balaban J connectivity index is 1.38. The number of ether oxygens (including phenoxy) is 1. The van der Waals surface area contributed by atoms with Gasteiger partial charge >= 0.3 is 0 Å². The average Bonchev–Trinajstić information content (AvgIpc) is 3.16. The summed E-state index contributed by atoms with van der Waals surface area (Å²) in [6, 6.07) is 13.5. The fourth-order valence-corrected chi connectivity index (χ4v) is 4.20. The molecule has 25 heavy (non-hydrogen) atoms. The van der Waals surface area contributed by atoms with Crippen LogP contribution in [0.3, 0.4) is 0 Å². The van der Waals surface area contributed by atoms with Crippen molar-refractivity contribution in [1.82, 2.24) is 4.90 Å². The van der Waals surface area contributed by atoms with E-state index in [1.807, 2.05) is 66.1 Å². The van der Waals surface area contributed by atoms with Crippen molar-refractivity contribution in [3.63, 3.8) is 0 Å². The molecule has 0 saturated carbocycles. The van der Waals surface area contributed by atoms with Crippen molar-refractivity contribution in [3.05, 3.63) is 54.5 Å². The Morgan fingerprint density at radius 2 is 2.00 bits per heavy atom. The molecule has 3 rings (SSSR count). The number of benzene rings is 1. The number of para-hydroxylation sites is 1. The first kappa shape index (κ1) is 17.9. The molecule has 0 spiro atoms. The number of amides is 1. The molecule has 0 unspecified atom stereocenters. The number of hydrogen-bond acceptors (Lipinski definition) is 4. The summed E-state index contributed by atoms with van der Waals surface area (Å²) >= 11 is 1.91. The molecular weight excluding hydrogens is 334 g/mol. The fourth-order valence-electron chi connectivity index (χ4n) is 3.05. The minimum absolute atomic E-state index is 0.0885. The van der Waals surface area contributed by atoms with Gasteiger partial charge in [-0.1, -0.05) is 18.2 Å². The zero-order valence-electron chi connectivity index (χ0n) is 14.6. The highest BCUT2D eigenvalue weighted by Crippen LogP contribution is 2.24. The van der Waals surface area contributed by atoms with Crippen LogP contribution in [0.4, 0.5) is 0 Å². The third kappa shape index (κ3) is 5.30. The molecule has 1 aromatic heterocycles. The number of carbonyl (C=O) groups is 1. The van der Waals surface area contributed by atoms with Gasteiger partial charge in [0, 0.05) is 13.1 Å². The number of carbonyl (C=O) groups excluding carboxylic acids is 1. The van der Waals surface area contributed by atoms with Gasteiger partial charge in [-0.25, -0.2) is 0 Å². The predicted octanol–water partition coefficient (Wildman–Crippen LogP) is 4.22. The van der Waals surface area contributed by atoms with Crippen molar-refractivity contribution >= 4 is 17.7 Å². The van der Waals surface area contributed by atoms with Gasteiger partial charge in [0.1, 0.15) is 11.5 Å². The highest BCUT2D eigenvalue weighted by molar-refractivity contribution is 7.98. The van der Waals surface area contributed by atoms with Crippen LogP contribution in [0.2, 0.25) is 0 Å². The van der Waals surface area contributed by atoms with Gasteiger partial charge in [0.25, 0.3) is 5.91 Å². The third-order valence-corrected chi connectivity index (χ3v) is 5.70. The van der Waals surface area contributed by atoms with Crippen molar-refractivity contribution < 1.29 is 13.9 Å². The summed E-state index contributed by atoms with van der Waals surface area (Å²) in [5.41, 5.74) is 0. The SMILES string of the molecule is C[C@@H](Oc1ccccc1)C(=O)N1CCC(CSCc2ccco2)CC1. The Kier molecular flexibility index (Phi) is 6.45. The molecule has 1 aliphatic rings. The molecule has 0 aliphatic carbocycles. The van der Waals surface area contributed by atoms with Gasteiger partial charge in [-0.2, -0.15) is 11.8 Å². The normalized spacial score (nSPS) is 16.6. The van der Waals surface area contributed by atoms with Gasteiger partial charge in [-0.05, 0) is 55.7 Å². The van der Waals surface area contributed by atoms with Gasteiger partial charge in [-0.15, -0.1) is 0 Å². The summed E-state index contributed by atoms with van der Waals surface area (Å²) in [6.07, 6.45) is 3.41. The second-order valence-electron chi connectivity index (χ2n) is 6.44. The van der Waals surface area contributed by atoms with Crippen molar-refractivity contribution in [2.45, 2.75) is 31.6 Å². The highest BCUT2D eigenvalue weighted by Gasteiger charge is 2.27. The summed E-state index contributed by atoms with van der Waals surface area (Å²) in [5.74, 6) is 4.59. The van der Waals surface area contributed by atoms with Gasteiger partial charge in [-0.3, -0.25) is 4.79 Å². The monoisotopic (exact) mass is 359 g/mol. The van der Waals surface area contributed by atoms with Crippen LogP contribution < -0.4 is 4.74 Å². The van der Waals surface area contributed by atoms with E-state index in [1.165, 1.54) is 0 Å². The van der Waals surface area contributed by atoms with E-state index < -0.39 is 6.10 Å². The van der Waals surface area contributed by atoms with Crippen LogP contribution >= 0.6 is 11.8 Å². The van der Waals surface area contributed by atoms with Crippen LogP contribution in [0.15, 0.2) is 53.1 Å². The van der Waals surface area contributed by atoms with Gasteiger partial charge in [0.05, 0.1) is 12.0 Å². The number of rotatable bonds is 7. The van der Waals surface area contributed by atoms with Crippen LogP contribution in [0.1, 0.15) is 25.5 Å². The second kappa shape index (κ2) is 8.99. The molecule has 1 atom stereocenters. The lowest BCUT2D eigenvalue weighted by atomic mass is 9.98. The first-order valence-electron chi connectivity index (χ1n) is 8.83. The Hall–Kier alpha value is -1.88. The Labute approximate surface area is 153 Å². The topological polar surface area (TPSA) is 42.7 Å². The van der Waals surface area contributed by atoms with E-state index in [0.717, 1.165) is 48.9 Å². The van der Waals surface area contributed by atoms with Crippen LogP contribution in [0, 0.1) is 5.92 Å². The molecule has 0 bridgehead atoms. The quantitative estimate of drug-likeness (QED) is 0.742. The number of thioether (sulfide) groups is 1. The van der Waals surface area contributed by atoms with Crippen molar-refractivity contribution in [3.8, 4) is 5.75 Å². The molecule has 0 N–H and O–H groups in total. The van der Waals surface area contributed by atoms with Crippen molar-refractivity contribution in [2.75, 3.05) is 18.8 Å². The van der Waals surface area contributed by atoms with E-state index in [1.54, 1.807) is 6.26 Å². The van der Waals surface area contributed by atoms with Crippen LogP contribution in [0.25, 0.3) is 0 Å². The lowest BCUT2D eigenvalue weighted by Crippen LogP contribution is -2.45. The maximum absolute atomic E-state index is 12.6. The van der Waals surface area contributed by atoms with E-state index in [0.29, 0.717) is 5.92 Å². The summed E-state index contributed by atoms with van der Waals surface area (Å²) in [7, 11) is 0. The van der Waals surface area contributed by atoms with Gasteiger partial charge in [0.15, 0.2) is 6.10 Å². The number of furan rings is 1. The number of likely N-dealkylation sites (tertiary alicyclic amines) is 1.